The molecule has 0 aliphatic heterocycles. The minimum atomic E-state index is -0.304. The van der Waals surface area contributed by atoms with Gasteiger partial charge in [-0.05, 0) is 42.2 Å². The van der Waals surface area contributed by atoms with E-state index in [1.54, 1.807) is 12.1 Å². The minimum absolute atomic E-state index is 0.0822. The van der Waals surface area contributed by atoms with Gasteiger partial charge in [0.05, 0.1) is 5.71 Å². The van der Waals surface area contributed by atoms with E-state index in [0.717, 1.165) is 16.9 Å². The first kappa shape index (κ1) is 18.0. The maximum absolute atomic E-state index is 11.9. The Balaban J connectivity index is 1.92. The number of rotatable bonds is 6. The lowest BCUT2D eigenvalue weighted by Gasteiger charge is -2.13. The zero-order chi connectivity index (χ0) is 17.5. The Labute approximate surface area is 147 Å². The number of nitrogens with one attached hydrogen (secondary N) is 1. The molecule has 0 fully saturated rings. The number of halogens is 1. The molecule has 0 saturated carbocycles. The second-order valence-electron chi connectivity index (χ2n) is 5.72. The molecule has 5 heteroatoms. The number of carbonyl (C=O) groups is 1. The highest BCUT2D eigenvalue weighted by molar-refractivity contribution is 6.30. The molecular formula is C19H21ClN2O2. The third-order valence-corrected chi connectivity index (χ3v) is 3.76. The first-order valence-electron chi connectivity index (χ1n) is 7.78. The van der Waals surface area contributed by atoms with Crippen molar-refractivity contribution >= 4 is 23.2 Å². The van der Waals surface area contributed by atoms with E-state index in [-0.39, 0.29) is 12.5 Å². The maximum Gasteiger partial charge on any atom is 0.277 e. The van der Waals surface area contributed by atoms with Crippen LogP contribution in [0.3, 0.4) is 0 Å². The number of para-hydroxylation sites is 1. The van der Waals surface area contributed by atoms with Gasteiger partial charge >= 0.3 is 0 Å². The summed E-state index contributed by atoms with van der Waals surface area (Å²) in [6, 6.07) is 15.0. The van der Waals surface area contributed by atoms with Crippen LogP contribution in [0.2, 0.25) is 5.02 Å². The van der Waals surface area contributed by atoms with E-state index in [1.165, 1.54) is 0 Å². The lowest BCUT2D eigenvalue weighted by atomic mass is 10.0. The van der Waals surface area contributed by atoms with Crippen LogP contribution in [0.1, 0.15) is 37.8 Å². The van der Waals surface area contributed by atoms with Crippen molar-refractivity contribution in [2.45, 2.75) is 26.7 Å². The number of hydrogen-bond acceptors (Lipinski definition) is 3. The standard InChI is InChI=1S/C19H21ClN2O2/c1-13(2)17-6-4-5-7-18(17)24-12-19(23)22-21-14(3)15-8-10-16(20)11-9-15/h4-11,13H,12H2,1-3H3,(H,22,23). The summed E-state index contributed by atoms with van der Waals surface area (Å²) >= 11 is 5.85. The predicted octanol–water partition coefficient (Wildman–Crippen LogP) is 4.38. The van der Waals surface area contributed by atoms with Crippen LogP contribution in [-0.2, 0) is 4.79 Å². The monoisotopic (exact) mass is 344 g/mol. The van der Waals surface area contributed by atoms with Crippen LogP contribution in [0.15, 0.2) is 53.6 Å². The van der Waals surface area contributed by atoms with Crippen LogP contribution in [-0.4, -0.2) is 18.2 Å². The first-order chi connectivity index (χ1) is 11.5. The first-order valence-corrected chi connectivity index (χ1v) is 8.16. The zero-order valence-electron chi connectivity index (χ0n) is 14.0. The van der Waals surface area contributed by atoms with Gasteiger partial charge in [0.25, 0.3) is 5.91 Å². The van der Waals surface area contributed by atoms with Crippen molar-refractivity contribution < 1.29 is 9.53 Å². The summed E-state index contributed by atoms with van der Waals surface area (Å²) in [7, 11) is 0. The Hall–Kier alpha value is -2.33. The number of carbonyl (C=O) groups excluding carboxylic acids is 1. The highest BCUT2D eigenvalue weighted by Gasteiger charge is 2.09. The topological polar surface area (TPSA) is 50.7 Å². The van der Waals surface area contributed by atoms with Gasteiger partial charge in [0.1, 0.15) is 5.75 Å². The van der Waals surface area contributed by atoms with E-state index in [4.69, 9.17) is 16.3 Å². The van der Waals surface area contributed by atoms with E-state index in [1.807, 2.05) is 43.3 Å². The lowest BCUT2D eigenvalue weighted by Crippen LogP contribution is -2.25. The molecule has 0 atom stereocenters. The third kappa shape index (κ3) is 5.10. The van der Waals surface area contributed by atoms with Gasteiger partial charge in [0.2, 0.25) is 0 Å². The fraction of sp³-hybridized carbons (Fsp3) is 0.263. The Morgan fingerprint density at radius 1 is 1.17 bits per heavy atom. The summed E-state index contributed by atoms with van der Waals surface area (Å²) in [5, 5.41) is 4.75. The average Bonchev–Trinajstić information content (AvgIpc) is 2.58. The molecule has 1 amide bonds. The highest BCUT2D eigenvalue weighted by Crippen LogP contribution is 2.25. The van der Waals surface area contributed by atoms with E-state index < -0.39 is 0 Å². The van der Waals surface area contributed by atoms with Gasteiger partial charge in [0, 0.05) is 5.02 Å². The minimum Gasteiger partial charge on any atom is -0.483 e. The Morgan fingerprint density at radius 2 is 1.83 bits per heavy atom. The van der Waals surface area contributed by atoms with Gasteiger partial charge in [-0.15, -0.1) is 0 Å². The van der Waals surface area contributed by atoms with Crippen molar-refractivity contribution in [3.8, 4) is 5.75 Å². The number of benzene rings is 2. The Bertz CT molecular complexity index is 724. The average molecular weight is 345 g/mol. The summed E-state index contributed by atoms with van der Waals surface area (Å²) in [6.07, 6.45) is 0. The molecule has 0 heterocycles. The second-order valence-corrected chi connectivity index (χ2v) is 6.16. The van der Waals surface area contributed by atoms with E-state index >= 15 is 0 Å². The molecule has 2 rings (SSSR count). The largest absolute Gasteiger partial charge is 0.483 e. The summed E-state index contributed by atoms with van der Waals surface area (Å²) in [6.45, 7) is 5.91. The summed E-state index contributed by atoms with van der Waals surface area (Å²) in [5.41, 5.74) is 5.17. The highest BCUT2D eigenvalue weighted by atomic mass is 35.5. The van der Waals surface area contributed by atoms with Crippen LogP contribution in [0, 0.1) is 0 Å². The molecule has 126 valence electrons. The predicted molar refractivity (Wildman–Crippen MR) is 97.8 cm³/mol. The number of hydrazone groups is 1. The van der Waals surface area contributed by atoms with Gasteiger partial charge in [-0.2, -0.15) is 5.10 Å². The summed E-state index contributed by atoms with van der Waals surface area (Å²) < 4.78 is 5.62. The van der Waals surface area contributed by atoms with Gasteiger partial charge in [-0.3, -0.25) is 4.79 Å². The Kier molecular flexibility index (Phi) is 6.38. The van der Waals surface area contributed by atoms with Gasteiger partial charge in [-0.25, -0.2) is 5.43 Å². The van der Waals surface area contributed by atoms with Crippen molar-refractivity contribution in [2.75, 3.05) is 6.61 Å². The van der Waals surface area contributed by atoms with Crippen LogP contribution < -0.4 is 10.2 Å². The number of ether oxygens (including phenoxy) is 1. The fourth-order valence-corrected chi connectivity index (χ4v) is 2.29. The fourth-order valence-electron chi connectivity index (χ4n) is 2.17. The lowest BCUT2D eigenvalue weighted by molar-refractivity contribution is -0.123. The van der Waals surface area contributed by atoms with Crippen LogP contribution in [0.25, 0.3) is 0 Å². The zero-order valence-corrected chi connectivity index (χ0v) is 14.8. The van der Waals surface area contributed by atoms with Crippen molar-refractivity contribution in [1.29, 1.82) is 0 Å². The molecule has 2 aromatic carbocycles. The molecule has 24 heavy (non-hydrogen) atoms. The van der Waals surface area contributed by atoms with Gasteiger partial charge in [0.15, 0.2) is 6.61 Å². The molecule has 2 aromatic rings. The normalized spacial score (nSPS) is 11.5. The molecule has 4 nitrogen and oxygen atoms in total. The molecule has 0 aliphatic carbocycles. The molecule has 0 radical (unpaired) electrons. The smallest absolute Gasteiger partial charge is 0.277 e. The number of hydrogen-bond donors (Lipinski definition) is 1. The quantitative estimate of drug-likeness (QED) is 0.624. The molecular weight excluding hydrogens is 324 g/mol. The Morgan fingerprint density at radius 3 is 2.50 bits per heavy atom. The number of amides is 1. The number of nitrogens with zero attached hydrogens (tertiary/aromatic N) is 1. The van der Waals surface area contributed by atoms with Crippen molar-refractivity contribution in [3.63, 3.8) is 0 Å². The van der Waals surface area contributed by atoms with E-state index in [2.05, 4.69) is 24.4 Å². The molecule has 0 unspecified atom stereocenters. The molecule has 0 saturated heterocycles. The van der Waals surface area contributed by atoms with Gasteiger partial charge < -0.3 is 4.74 Å². The van der Waals surface area contributed by atoms with Crippen molar-refractivity contribution in [2.24, 2.45) is 5.10 Å². The molecule has 1 N–H and O–H groups in total. The summed E-state index contributed by atoms with van der Waals surface area (Å²) in [4.78, 5) is 11.9. The van der Waals surface area contributed by atoms with Gasteiger partial charge in [-0.1, -0.05) is 55.8 Å². The SMILES string of the molecule is CC(=NNC(=O)COc1ccccc1C(C)C)c1ccc(Cl)cc1. The maximum atomic E-state index is 11.9. The second kappa shape index (κ2) is 8.50. The molecule has 0 spiro atoms. The van der Waals surface area contributed by atoms with Crippen LogP contribution in [0.5, 0.6) is 5.75 Å². The van der Waals surface area contributed by atoms with Crippen LogP contribution in [0.4, 0.5) is 0 Å². The van der Waals surface area contributed by atoms with E-state index in [0.29, 0.717) is 16.7 Å². The van der Waals surface area contributed by atoms with Crippen molar-refractivity contribution in [3.05, 3.63) is 64.7 Å². The summed E-state index contributed by atoms with van der Waals surface area (Å²) in [5.74, 6) is 0.748. The molecule has 0 aliphatic rings. The van der Waals surface area contributed by atoms with Crippen molar-refractivity contribution in [1.82, 2.24) is 5.43 Å². The molecule has 0 aromatic heterocycles. The molecule has 0 bridgehead atoms. The third-order valence-electron chi connectivity index (χ3n) is 3.51. The van der Waals surface area contributed by atoms with Crippen LogP contribution >= 0.6 is 11.6 Å². The van der Waals surface area contributed by atoms with E-state index in [9.17, 15) is 4.79 Å².